The second-order valence-corrected chi connectivity index (χ2v) is 7.09. The normalized spacial score (nSPS) is 18.4. The van der Waals surface area contributed by atoms with E-state index in [9.17, 15) is 22.8 Å². The molecule has 2 rings (SSSR count). The average molecular weight is 412 g/mol. The number of hydrogen-bond acceptors (Lipinski definition) is 4. The van der Waals surface area contributed by atoms with Gasteiger partial charge in [0.15, 0.2) is 5.12 Å². The highest BCUT2D eigenvalue weighted by Crippen LogP contribution is 2.36. The van der Waals surface area contributed by atoms with E-state index < -0.39 is 6.36 Å². The number of amides is 1. The Labute approximate surface area is 143 Å². The topological polar surface area (TPSA) is 46.6 Å². The number of thioether (sulfide) groups is 1. The summed E-state index contributed by atoms with van der Waals surface area (Å²) in [6, 6.07) is 3.75. The summed E-state index contributed by atoms with van der Waals surface area (Å²) in [6.07, 6.45) is -4.53. The van der Waals surface area contributed by atoms with Gasteiger partial charge in [0, 0.05) is 36.2 Å². The Morgan fingerprint density at radius 2 is 2.17 bits per heavy atom. The van der Waals surface area contributed by atoms with E-state index in [0.717, 1.165) is 11.8 Å². The molecule has 1 fully saturated rings. The van der Waals surface area contributed by atoms with E-state index in [-0.39, 0.29) is 29.1 Å². The molecular formula is C14H13BrF3NO3S. The van der Waals surface area contributed by atoms with Crippen molar-refractivity contribution in [2.24, 2.45) is 5.92 Å². The Bertz CT molecular complexity index is 624. The lowest BCUT2D eigenvalue weighted by atomic mass is 10.1. The second-order valence-electron chi connectivity index (χ2n) is 5.04. The number of carbonyl (C=O) groups excluding carboxylic acids is 2. The van der Waals surface area contributed by atoms with E-state index in [4.69, 9.17) is 0 Å². The molecule has 0 N–H and O–H groups in total. The fourth-order valence-corrected chi connectivity index (χ4v) is 3.41. The van der Waals surface area contributed by atoms with Crippen LogP contribution in [0.25, 0.3) is 0 Å². The Kier molecular flexibility index (Phi) is 5.61. The summed E-state index contributed by atoms with van der Waals surface area (Å²) in [5, 5.41) is -0.0299. The predicted octanol–water partition coefficient (Wildman–Crippen LogP) is 3.98. The molecule has 126 valence electrons. The SMILES string of the molecule is CC(=O)SCC1CC(=O)N(c2cc(OC(F)(F)F)ccc2Br)C1. The molecule has 0 aliphatic carbocycles. The Morgan fingerprint density at radius 1 is 1.48 bits per heavy atom. The monoisotopic (exact) mass is 411 g/mol. The third-order valence-electron chi connectivity index (χ3n) is 3.17. The van der Waals surface area contributed by atoms with Gasteiger partial charge in [0.25, 0.3) is 0 Å². The van der Waals surface area contributed by atoms with Crippen LogP contribution >= 0.6 is 27.7 Å². The van der Waals surface area contributed by atoms with Crippen molar-refractivity contribution in [3.63, 3.8) is 0 Å². The molecular weight excluding hydrogens is 399 g/mol. The van der Waals surface area contributed by atoms with E-state index >= 15 is 0 Å². The molecule has 1 unspecified atom stereocenters. The van der Waals surface area contributed by atoms with Crippen LogP contribution in [0.1, 0.15) is 13.3 Å². The number of ether oxygens (including phenoxy) is 1. The zero-order valence-corrected chi connectivity index (χ0v) is 14.4. The first kappa shape index (κ1) is 18.1. The summed E-state index contributed by atoms with van der Waals surface area (Å²) in [7, 11) is 0. The number of rotatable bonds is 4. The zero-order chi connectivity index (χ0) is 17.2. The van der Waals surface area contributed by atoms with E-state index in [1.807, 2.05) is 0 Å². The maximum Gasteiger partial charge on any atom is 0.573 e. The van der Waals surface area contributed by atoms with Gasteiger partial charge < -0.3 is 9.64 Å². The smallest absolute Gasteiger partial charge is 0.406 e. The molecule has 1 amide bonds. The van der Waals surface area contributed by atoms with Crippen LogP contribution in [0.2, 0.25) is 0 Å². The van der Waals surface area contributed by atoms with Crippen molar-refractivity contribution in [2.45, 2.75) is 19.7 Å². The fraction of sp³-hybridized carbons (Fsp3) is 0.429. The molecule has 1 aromatic carbocycles. The summed E-state index contributed by atoms with van der Waals surface area (Å²) >= 11 is 4.38. The first-order chi connectivity index (χ1) is 10.7. The third-order valence-corrected chi connectivity index (χ3v) is 4.88. The lowest BCUT2D eigenvalue weighted by Crippen LogP contribution is -2.25. The van der Waals surface area contributed by atoms with Crippen LogP contribution in [0, 0.1) is 5.92 Å². The molecule has 4 nitrogen and oxygen atoms in total. The molecule has 1 saturated heterocycles. The molecule has 0 saturated carbocycles. The number of nitrogens with zero attached hydrogens (tertiary/aromatic N) is 1. The van der Waals surface area contributed by atoms with E-state index in [2.05, 4.69) is 20.7 Å². The minimum absolute atomic E-state index is 0.0181. The second kappa shape index (κ2) is 7.12. The lowest BCUT2D eigenvalue weighted by molar-refractivity contribution is -0.274. The van der Waals surface area contributed by atoms with Crippen molar-refractivity contribution in [1.29, 1.82) is 0 Å². The van der Waals surface area contributed by atoms with Crippen molar-refractivity contribution >= 4 is 44.4 Å². The highest BCUT2D eigenvalue weighted by Gasteiger charge is 2.34. The van der Waals surface area contributed by atoms with Crippen LogP contribution in [-0.2, 0) is 9.59 Å². The van der Waals surface area contributed by atoms with Gasteiger partial charge in [-0.15, -0.1) is 13.2 Å². The molecule has 1 aliphatic heterocycles. The molecule has 1 aromatic rings. The molecule has 23 heavy (non-hydrogen) atoms. The number of hydrogen-bond donors (Lipinski definition) is 0. The van der Waals surface area contributed by atoms with Crippen molar-refractivity contribution < 1.29 is 27.5 Å². The van der Waals surface area contributed by atoms with Crippen LogP contribution in [0.3, 0.4) is 0 Å². The summed E-state index contributed by atoms with van der Waals surface area (Å²) in [6.45, 7) is 1.81. The van der Waals surface area contributed by atoms with Gasteiger partial charge in [0.1, 0.15) is 5.75 Å². The highest BCUT2D eigenvalue weighted by atomic mass is 79.9. The summed E-state index contributed by atoms with van der Waals surface area (Å²) in [5.41, 5.74) is 0.326. The number of carbonyl (C=O) groups is 2. The van der Waals surface area contributed by atoms with E-state index in [0.29, 0.717) is 22.5 Å². The summed E-state index contributed by atoms with van der Waals surface area (Å²) in [4.78, 5) is 24.5. The molecule has 0 spiro atoms. The molecule has 1 atom stereocenters. The summed E-state index contributed by atoms with van der Waals surface area (Å²) in [5.74, 6) is -0.0851. The Balaban J connectivity index is 2.16. The van der Waals surface area contributed by atoms with Gasteiger partial charge in [0.05, 0.1) is 5.69 Å². The lowest BCUT2D eigenvalue weighted by Gasteiger charge is -2.20. The maximum atomic E-state index is 12.3. The standard InChI is InChI=1S/C14H13BrF3NO3S/c1-8(20)23-7-9-4-13(21)19(6-9)12-5-10(2-3-11(12)15)22-14(16,17)18/h2-3,5,9H,4,6-7H2,1H3. The first-order valence-corrected chi connectivity index (χ1v) is 8.42. The quantitative estimate of drug-likeness (QED) is 0.751. The van der Waals surface area contributed by atoms with Crippen molar-refractivity contribution in [2.75, 3.05) is 17.2 Å². The van der Waals surface area contributed by atoms with Crippen LogP contribution in [0.15, 0.2) is 22.7 Å². The molecule has 0 aromatic heterocycles. The van der Waals surface area contributed by atoms with Crippen LogP contribution in [0.5, 0.6) is 5.75 Å². The van der Waals surface area contributed by atoms with E-state index in [1.165, 1.54) is 30.0 Å². The maximum absolute atomic E-state index is 12.3. The van der Waals surface area contributed by atoms with Crippen LogP contribution in [-0.4, -0.2) is 29.7 Å². The number of benzene rings is 1. The van der Waals surface area contributed by atoms with Gasteiger partial charge in [-0.3, -0.25) is 9.59 Å². The van der Waals surface area contributed by atoms with Gasteiger partial charge in [-0.05, 0) is 34.0 Å². The zero-order valence-electron chi connectivity index (χ0n) is 12.0. The minimum atomic E-state index is -4.79. The van der Waals surface area contributed by atoms with Crippen molar-refractivity contribution in [3.05, 3.63) is 22.7 Å². The van der Waals surface area contributed by atoms with Crippen LogP contribution < -0.4 is 9.64 Å². The Morgan fingerprint density at radius 3 is 2.78 bits per heavy atom. The van der Waals surface area contributed by atoms with Crippen LogP contribution in [0.4, 0.5) is 18.9 Å². The fourth-order valence-electron chi connectivity index (χ4n) is 2.26. The predicted molar refractivity (Wildman–Crippen MR) is 84.4 cm³/mol. The van der Waals surface area contributed by atoms with Gasteiger partial charge in [-0.1, -0.05) is 11.8 Å². The largest absolute Gasteiger partial charge is 0.573 e. The highest BCUT2D eigenvalue weighted by molar-refractivity contribution is 9.10. The number of halogens is 4. The number of alkyl halides is 3. The van der Waals surface area contributed by atoms with Crippen molar-refractivity contribution in [3.8, 4) is 5.75 Å². The average Bonchev–Trinajstić information content (AvgIpc) is 2.78. The molecule has 0 radical (unpaired) electrons. The van der Waals surface area contributed by atoms with E-state index in [1.54, 1.807) is 0 Å². The Hall–Kier alpha value is -1.22. The number of anilines is 1. The molecule has 1 aliphatic rings. The van der Waals surface area contributed by atoms with Gasteiger partial charge >= 0.3 is 6.36 Å². The third kappa shape index (κ3) is 5.13. The summed E-state index contributed by atoms with van der Waals surface area (Å²) < 4.78 is 41.3. The van der Waals surface area contributed by atoms with Crippen molar-refractivity contribution in [1.82, 2.24) is 0 Å². The molecule has 9 heteroatoms. The first-order valence-electron chi connectivity index (χ1n) is 6.64. The van der Waals surface area contributed by atoms with Gasteiger partial charge in [-0.25, -0.2) is 0 Å². The van der Waals surface area contributed by atoms with Gasteiger partial charge in [0.2, 0.25) is 5.91 Å². The van der Waals surface area contributed by atoms with Gasteiger partial charge in [-0.2, -0.15) is 0 Å². The minimum Gasteiger partial charge on any atom is -0.406 e. The molecule has 0 bridgehead atoms. The molecule has 1 heterocycles.